The van der Waals surface area contributed by atoms with E-state index in [0.717, 1.165) is 0 Å². The first kappa shape index (κ1) is 19.3. The second kappa shape index (κ2) is 8.89. The molecule has 0 atom stereocenters. The van der Waals surface area contributed by atoms with Crippen molar-refractivity contribution in [2.24, 2.45) is 0 Å². The molecule has 0 unspecified atom stereocenters. The van der Waals surface area contributed by atoms with Crippen molar-refractivity contribution in [3.05, 3.63) is 48.0 Å². The van der Waals surface area contributed by atoms with Gasteiger partial charge in [-0.25, -0.2) is 0 Å². The summed E-state index contributed by atoms with van der Waals surface area (Å²) in [7, 11) is 6.30. The molecule has 0 aliphatic rings. The van der Waals surface area contributed by atoms with Crippen molar-refractivity contribution in [1.29, 1.82) is 0 Å². The van der Waals surface area contributed by atoms with Crippen LogP contribution in [-0.2, 0) is 4.79 Å². The van der Waals surface area contributed by atoms with Gasteiger partial charge in [-0.3, -0.25) is 9.59 Å². The molecule has 0 saturated carbocycles. The van der Waals surface area contributed by atoms with Crippen molar-refractivity contribution < 1.29 is 23.8 Å². The van der Waals surface area contributed by atoms with Crippen LogP contribution in [0.15, 0.2) is 42.5 Å². The molecule has 2 aromatic carbocycles. The molecule has 0 fully saturated rings. The summed E-state index contributed by atoms with van der Waals surface area (Å²) in [5, 5.41) is 0. The molecule has 0 radical (unpaired) electrons. The summed E-state index contributed by atoms with van der Waals surface area (Å²) in [6.45, 7) is 0. The summed E-state index contributed by atoms with van der Waals surface area (Å²) in [5.74, 6) is 1.48. The second-order valence-corrected chi connectivity index (χ2v) is 5.65. The number of carbonyl (C=O) groups is 2. The molecule has 0 saturated heterocycles. The first-order valence-electron chi connectivity index (χ1n) is 8.16. The highest BCUT2D eigenvalue weighted by Crippen LogP contribution is 2.31. The molecule has 6 heteroatoms. The van der Waals surface area contributed by atoms with E-state index in [1.807, 2.05) is 0 Å². The van der Waals surface area contributed by atoms with Crippen molar-refractivity contribution in [3.8, 4) is 17.2 Å². The third-order valence-electron chi connectivity index (χ3n) is 4.09. The maximum Gasteiger partial charge on any atom is 0.227 e. The van der Waals surface area contributed by atoms with Crippen LogP contribution in [0.4, 0.5) is 5.69 Å². The summed E-state index contributed by atoms with van der Waals surface area (Å²) in [6, 6.07) is 12.1. The van der Waals surface area contributed by atoms with Crippen molar-refractivity contribution in [2.45, 2.75) is 12.8 Å². The molecule has 0 bridgehead atoms. The molecule has 0 heterocycles. The third-order valence-corrected chi connectivity index (χ3v) is 4.09. The molecule has 0 N–H and O–H groups in total. The van der Waals surface area contributed by atoms with E-state index in [4.69, 9.17) is 14.2 Å². The van der Waals surface area contributed by atoms with Gasteiger partial charge in [0.15, 0.2) is 17.3 Å². The van der Waals surface area contributed by atoms with E-state index in [1.165, 1.54) is 12.0 Å². The zero-order valence-electron chi connectivity index (χ0n) is 15.4. The Labute approximate surface area is 153 Å². The number of hydrogen-bond donors (Lipinski definition) is 0. The van der Waals surface area contributed by atoms with E-state index in [2.05, 4.69) is 0 Å². The Bertz CT molecular complexity index is 788. The maximum absolute atomic E-state index is 12.4. The summed E-state index contributed by atoms with van der Waals surface area (Å²) in [5.41, 5.74) is 1.20. The number of rotatable bonds is 8. The molecule has 2 rings (SSSR count). The predicted octanol–water partition coefficient (Wildman–Crippen LogP) is 3.34. The lowest BCUT2D eigenvalue weighted by molar-refractivity contribution is -0.118. The van der Waals surface area contributed by atoms with Gasteiger partial charge in [-0.05, 0) is 24.3 Å². The summed E-state index contributed by atoms with van der Waals surface area (Å²) in [6.07, 6.45) is 0.241. The van der Waals surface area contributed by atoms with Crippen LogP contribution >= 0.6 is 0 Å². The van der Waals surface area contributed by atoms with Gasteiger partial charge >= 0.3 is 0 Å². The van der Waals surface area contributed by atoms with E-state index < -0.39 is 0 Å². The van der Waals surface area contributed by atoms with Gasteiger partial charge in [0, 0.05) is 37.2 Å². The zero-order valence-corrected chi connectivity index (χ0v) is 15.4. The summed E-state index contributed by atoms with van der Waals surface area (Å²) in [4.78, 5) is 26.2. The fourth-order valence-corrected chi connectivity index (χ4v) is 2.51. The van der Waals surface area contributed by atoms with Crippen LogP contribution in [0, 0.1) is 0 Å². The number of anilines is 1. The lowest BCUT2D eigenvalue weighted by atomic mass is 10.1. The first-order chi connectivity index (χ1) is 12.5. The third kappa shape index (κ3) is 4.53. The highest BCUT2D eigenvalue weighted by molar-refractivity contribution is 6.00. The topological polar surface area (TPSA) is 65.1 Å². The van der Waals surface area contributed by atoms with Crippen molar-refractivity contribution in [3.63, 3.8) is 0 Å². The van der Waals surface area contributed by atoms with E-state index in [1.54, 1.807) is 63.7 Å². The Kier molecular flexibility index (Phi) is 6.60. The predicted molar refractivity (Wildman–Crippen MR) is 99.5 cm³/mol. The molecule has 0 aliphatic heterocycles. The number of amides is 1. The lowest BCUT2D eigenvalue weighted by Crippen LogP contribution is -2.26. The van der Waals surface area contributed by atoms with Crippen LogP contribution in [-0.4, -0.2) is 40.1 Å². The molecular formula is C20H23NO5. The van der Waals surface area contributed by atoms with Gasteiger partial charge in [-0.2, -0.15) is 0 Å². The zero-order chi connectivity index (χ0) is 19.1. The number of nitrogens with zero attached hydrogens (tertiary/aromatic N) is 1. The SMILES string of the molecule is COc1cccc(C(=O)CCC(=O)N(C)c2ccc(OC)c(OC)c2)c1. The van der Waals surface area contributed by atoms with Crippen LogP contribution < -0.4 is 19.1 Å². The fraction of sp³-hybridized carbons (Fsp3) is 0.300. The molecule has 0 aliphatic carbocycles. The molecule has 1 amide bonds. The fourth-order valence-electron chi connectivity index (χ4n) is 2.51. The first-order valence-corrected chi connectivity index (χ1v) is 8.16. The average molecular weight is 357 g/mol. The van der Waals surface area contributed by atoms with E-state index in [0.29, 0.717) is 28.5 Å². The van der Waals surface area contributed by atoms with Crippen molar-refractivity contribution >= 4 is 17.4 Å². The highest BCUT2D eigenvalue weighted by Gasteiger charge is 2.16. The van der Waals surface area contributed by atoms with Gasteiger partial charge in [0.1, 0.15) is 5.75 Å². The minimum absolute atomic E-state index is 0.0991. The number of carbonyl (C=O) groups excluding carboxylic acids is 2. The van der Waals surface area contributed by atoms with Gasteiger partial charge < -0.3 is 19.1 Å². The molecule has 2 aromatic rings. The normalized spacial score (nSPS) is 10.2. The monoisotopic (exact) mass is 357 g/mol. The Morgan fingerprint density at radius 2 is 1.62 bits per heavy atom. The van der Waals surface area contributed by atoms with Crippen molar-refractivity contribution in [1.82, 2.24) is 0 Å². The van der Waals surface area contributed by atoms with Gasteiger partial charge in [-0.1, -0.05) is 12.1 Å². The number of Topliss-reactive ketones (excluding diaryl/α,β-unsaturated/α-hetero) is 1. The van der Waals surface area contributed by atoms with Crippen LogP contribution in [0.1, 0.15) is 23.2 Å². The van der Waals surface area contributed by atoms with Crippen LogP contribution in [0.5, 0.6) is 17.2 Å². The maximum atomic E-state index is 12.4. The van der Waals surface area contributed by atoms with Gasteiger partial charge in [-0.15, -0.1) is 0 Å². The minimum Gasteiger partial charge on any atom is -0.497 e. The molecule has 26 heavy (non-hydrogen) atoms. The van der Waals surface area contributed by atoms with Gasteiger partial charge in [0.2, 0.25) is 5.91 Å². The smallest absolute Gasteiger partial charge is 0.227 e. The van der Waals surface area contributed by atoms with E-state index in [-0.39, 0.29) is 24.5 Å². The molecule has 138 valence electrons. The number of ketones is 1. The number of hydrogen-bond acceptors (Lipinski definition) is 5. The summed E-state index contributed by atoms with van der Waals surface area (Å²) < 4.78 is 15.6. The molecule has 0 spiro atoms. The number of benzene rings is 2. The Morgan fingerprint density at radius 3 is 2.27 bits per heavy atom. The Morgan fingerprint density at radius 1 is 0.885 bits per heavy atom. The van der Waals surface area contributed by atoms with Crippen LogP contribution in [0.3, 0.4) is 0 Å². The highest BCUT2D eigenvalue weighted by atomic mass is 16.5. The largest absolute Gasteiger partial charge is 0.497 e. The minimum atomic E-state index is -0.159. The standard InChI is InChI=1S/C20H23NO5/c1-21(15-8-10-18(25-3)19(13-15)26-4)20(23)11-9-17(22)14-6-5-7-16(12-14)24-2/h5-8,10,12-13H,9,11H2,1-4H3. The molecular weight excluding hydrogens is 334 g/mol. The van der Waals surface area contributed by atoms with Crippen LogP contribution in [0.2, 0.25) is 0 Å². The molecule has 0 aromatic heterocycles. The van der Waals surface area contributed by atoms with Crippen molar-refractivity contribution in [2.75, 3.05) is 33.3 Å². The number of methoxy groups -OCH3 is 3. The Hall–Kier alpha value is -3.02. The summed E-state index contributed by atoms with van der Waals surface area (Å²) >= 11 is 0. The second-order valence-electron chi connectivity index (χ2n) is 5.65. The van der Waals surface area contributed by atoms with E-state index in [9.17, 15) is 9.59 Å². The van der Waals surface area contributed by atoms with E-state index >= 15 is 0 Å². The van der Waals surface area contributed by atoms with Crippen LogP contribution in [0.25, 0.3) is 0 Å². The van der Waals surface area contributed by atoms with Gasteiger partial charge in [0.25, 0.3) is 0 Å². The molecule has 6 nitrogen and oxygen atoms in total. The number of ether oxygens (including phenoxy) is 3. The van der Waals surface area contributed by atoms with Gasteiger partial charge in [0.05, 0.1) is 21.3 Å². The average Bonchev–Trinajstić information content (AvgIpc) is 2.70. The Balaban J connectivity index is 2.01. The lowest BCUT2D eigenvalue weighted by Gasteiger charge is -2.19. The quantitative estimate of drug-likeness (QED) is 0.678.